The topological polar surface area (TPSA) is 80.2 Å². The van der Waals surface area contributed by atoms with Crippen LogP contribution in [0, 0.1) is 6.92 Å². The second-order valence-electron chi connectivity index (χ2n) is 5.60. The van der Waals surface area contributed by atoms with Crippen LogP contribution in [0.25, 0.3) is 22.8 Å². The van der Waals surface area contributed by atoms with Gasteiger partial charge in [-0.1, -0.05) is 5.16 Å². The first kappa shape index (κ1) is 15.9. The van der Waals surface area contributed by atoms with Gasteiger partial charge in [0.1, 0.15) is 5.52 Å². The third-order valence-electron chi connectivity index (χ3n) is 3.97. The molecular formula is C15H18ClN5O2. The molecule has 122 valence electrons. The van der Waals surface area contributed by atoms with Gasteiger partial charge in [-0.2, -0.15) is 4.98 Å². The van der Waals surface area contributed by atoms with Crippen molar-refractivity contribution in [1.29, 1.82) is 0 Å². The molecule has 1 aliphatic heterocycles. The Bertz CT molecular complexity index is 815. The first-order valence-corrected chi connectivity index (χ1v) is 7.33. The quantitative estimate of drug-likeness (QED) is 0.768. The van der Waals surface area contributed by atoms with Crippen molar-refractivity contribution in [2.75, 3.05) is 26.7 Å². The molecule has 1 unspecified atom stereocenters. The molecule has 1 N–H and O–H groups in total. The molecular weight excluding hydrogens is 318 g/mol. The minimum atomic E-state index is 0. The van der Waals surface area contributed by atoms with Crippen LogP contribution in [0.5, 0.6) is 0 Å². The number of nitrogens with one attached hydrogen (secondary N) is 1. The van der Waals surface area contributed by atoms with E-state index >= 15 is 0 Å². The van der Waals surface area contributed by atoms with Crippen LogP contribution in [0.4, 0.5) is 0 Å². The zero-order valence-electron chi connectivity index (χ0n) is 12.9. The molecule has 8 heteroatoms. The first-order chi connectivity index (χ1) is 10.7. The highest BCUT2D eigenvalue weighted by molar-refractivity contribution is 5.85. The Labute approximate surface area is 139 Å². The Morgan fingerprint density at radius 3 is 3.00 bits per heavy atom. The van der Waals surface area contributed by atoms with E-state index in [-0.39, 0.29) is 18.4 Å². The number of hydrogen-bond donors (Lipinski definition) is 1. The number of aryl methyl sites for hydroxylation is 1. The Morgan fingerprint density at radius 2 is 2.17 bits per heavy atom. The predicted molar refractivity (Wildman–Crippen MR) is 87.5 cm³/mol. The molecule has 3 aromatic heterocycles. The maximum atomic E-state index is 5.75. The van der Waals surface area contributed by atoms with E-state index in [2.05, 4.69) is 32.4 Å². The summed E-state index contributed by atoms with van der Waals surface area (Å²) in [5.41, 5.74) is 2.46. The van der Waals surface area contributed by atoms with Crippen molar-refractivity contribution in [3.05, 3.63) is 29.7 Å². The summed E-state index contributed by atoms with van der Waals surface area (Å²) >= 11 is 0. The maximum absolute atomic E-state index is 5.75. The van der Waals surface area contributed by atoms with E-state index in [1.807, 2.05) is 25.1 Å². The van der Waals surface area contributed by atoms with Crippen molar-refractivity contribution in [2.45, 2.75) is 13.0 Å². The molecule has 1 saturated heterocycles. The van der Waals surface area contributed by atoms with Crippen LogP contribution in [-0.2, 0) is 0 Å². The molecule has 0 saturated carbocycles. The first-order valence-electron chi connectivity index (χ1n) is 7.33. The zero-order valence-corrected chi connectivity index (χ0v) is 13.8. The lowest BCUT2D eigenvalue weighted by molar-refractivity contribution is 0.190. The molecule has 1 aliphatic rings. The van der Waals surface area contributed by atoms with Crippen molar-refractivity contribution in [1.82, 2.24) is 25.3 Å². The summed E-state index contributed by atoms with van der Waals surface area (Å²) in [5, 5.41) is 7.45. The van der Waals surface area contributed by atoms with Crippen molar-refractivity contribution in [3.63, 3.8) is 0 Å². The molecule has 3 aromatic rings. The fourth-order valence-electron chi connectivity index (χ4n) is 2.70. The number of nitrogens with zero attached hydrogens (tertiary/aromatic N) is 4. The second kappa shape index (κ2) is 6.27. The summed E-state index contributed by atoms with van der Waals surface area (Å²) in [7, 11) is 2.06. The van der Waals surface area contributed by atoms with Gasteiger partial charge in [0.2, 0.25) is 0 Å². The van der Waals surface area contributed by atoms with Gasteiger partial charge in [0.15, 0.2) is 17.2 Å². The normalized spacial score (nSPS) is 19.0. The van der Waals surface area contributed by atoms with Gasteiger partial charge in [-0.25, -0.2) is 4.98 Å². The van der Waals surface area contributed by atoms with E-state index in [0.717, 1.165) is 36.4 Å². The molecule has 0 aliphatic carbocycles. The van der Waals surface area contributed by atoms with Gasteiger partial charge in [0.05, 0.1) is 6.04 Å². The van der Waals surface area contributed by atoms with Crippen LogP contribution < -0.4 is 5.32 Å². The van der Waals surface area contributed by atoms with Gasteiger partial charge >= 0.3 is 0 Å². The smallest absolute Gasteiger partial charge is 0.293 e. The minimum Gasteiger partial charge on any atom is -0.449 e. The molecule has 0 bridgehead atoms. The van der Waals surface area contributed by atoms with Gasteiger partial charge in [-0.15, -0.1) is 12.4 Å². The molecule has 0 aromatic carbocycles. The van der Waals surface area contributed by atoms with E-state index in [1.165, 1.54) is 0 Å². The molecule has 1 fully saturated rings. The van der Waals surface area contributed by atoms with Crippen molar-refractivity contribution in [3.8, 4) is 11.7 Å². The second-order valence-corrected chi connectivity index (χ2v) is 5.60. The maximum Gasteiger partial charge on any atom is 0.293 e. The fraction of sp³-hybridized carbons (Fsp3) is 0.400. The van der Waals surface area contributed by atoms with Crippen LogP contribution in [0.1, 0.15) is 17.6 Å². The SMILES string of the molecule is Cc1ccc2oc(-c3nc(C4CNCCN4C)no3)cc2n1.Cl. The number of likely N-dealkylation sites (N-methyl/N-ethyl adjacent to an activating group) is 1. The highest BCUT2D eigenvalue weighted by atomic mass is 35.5. The largest absolute Gasteiger partial charge is 0.449 e. The standard InChI is InChI=1S/C15H17N5O2.ClH/c1-9-3-4-12-10(17-9)7-13(21-12)15-18-14(19-22-15)11-8-16-5-6-20(11)2;/h3-4,7,11,16H,5-6,8H2,1-2H3;1H. The number of halogens is 1. The third kappa shape index (κ3) is 2.95. The summed E-state index contributed by atoms with van der Waals surface area (Å²) < 4.78 is 11.1. The molecule has 0 spiro atoms. The zero-order chi connectivity index (χ0) is 15.1. The monoisotopic (exact) mass is 335 g/mol. The van der Waals surface area contributed by atoms with Crippen LogP contribution in [0.15, 0.2) is 27.1 Å². The number of piperazine rings is 1. The Hall–Kier alpha value is -1.96. The van der Waals surface area contributed by atoms with Gasteiger partial charge < -0.3 is 14.3 Å². The number of hydrogen-bond acceptors (Lipinski definition) is 7. The lowest BCUT2D eigenvalue weighted by Gasteiger charge is -2.30. The van der Waals surface area contributed by atoms with Crippen molar-refractivity contribution in [2.24, 2.45) is 0 Å². The number of pyridine rings is 1. The molecule has 0 radical (unpaired) electrons. The summed E-state index contributed by atoms with van der Waals surface area (Å²) in [6, 6.07) is 5.77. The average molecular weight is 336 g/mol. The molecule has 4 rings (SSSR count). The van der Waals surface area contributed by atoms with E-state index < -0.39 is 0 Å². The molecule has 23 heavy (non-hydrogen) atoms. The Kier molecular flexibility index (Phi) is 4.34. The van der Waals surface area contributed by atoms with Crippen LogP contribution in [0.3, 0.4) is 0 Å². The molecule has 1 atom stereocenters. The number of rotatable bonds is 2. The van der Waals surface area contributed by atoms with Crippen LogP contribution >= 0.6 is 12.4 Å². The summed E-state index contributed by atoms with van der Waals surface area (Å²) in [4.78, 5) is 11.1. The van der Waals surface area contributed by atoms with Gasteiger partial charge in [0.25, 0.3) is 5.89 Å². The number of furan rings is 1. The van der Waals surface area contributed by atoms with Crippen molar-refractivity contribution >= 4 is 23.5 Å². The predicted octanol–water partition coefficient (Wildman–Crippen LogP) is 2.18. The molecule has 7 nitrogen and oxygen atoms in total. The Balaban J connectivity index is 0.00000156. The third-order valence-corrected chi connectivity index (χ3v) is 3.97. The average Bonchev–Trinajstić information content (AvgIpc) is 3.13. The van der Waals surface area contributed by atoms with Crippen LogP contribution in [-0.4, -0.2) is 46.7 Å². The number of aromatic nitrogens is 3. The summed E-state index contributed by atoms with van der Waals surface area (Å²) in [5.74, 6) is 1.62. The Morgan fingerprint density at radius 1 is 1.30 bits per heavy atom. The minimum absolute atomic E-state index is 0. The van der Waals surface area contributed by atoms with Gasteiger partial charge in [-0.3, -0.25) is 4.90 Å². The van der Waals surface area contributed by atoms with Crippen molar-refractivity contribution < 1.29 is 8.94 Å². The molecule has 4 heterocycles. The van der Waals surface area contributed by atoms with Crippen LogP contribution in [0.2, 0.25) is 0 Å². The van der Waals surface area contributed by atoms with E-state index in [4.69, 9.17) is 8.94 Å². The lowest BCUT2D eigenvalue weighted by Crippen LogP contribution is -2.44. The van der Waals surface area contributed by atoms with E-state index in [1.54, 1.807) is 0 Å². The molecule has 0 amide bonds. The summed E-state index contributed by atoms with van der Waals surface area (Å²) in [6.45, 7) is 4.70. The summed E-state index contributed by atoms with van der Waals surface area (Å²) in [6.07, 6.45) is 0. The van der Waals surface area contributed by atoms with Gasteiger partial charge in [0, 0.05) is 31.4 Å². The van der Waals surface area contributed by atoms with E-state index in [9.17, 15) is 0 Å². The fourth-order valence-corrected chi connectivity index (χ4v) is 2.70. The highest BCUT2D eigenvalue weighted by Crippen LogP contribution is 2.27. The van der Waals surface area contributed by atoms with Gasteiger partial charge in [-0.05, 0) is 26.1 Å². The highest BCUT2D eigenvalue weighted by Gasteiger charge is 2.26. The lowest BCUT2D eigenvalue weighted by atomic mass is 10.2. The van der Waals surface area contributed by atoms with E-state index in [0.29, 0.717) is 17.5 Å². The number of fused-ring (bicyclic) bond motifs is 1.